The Morgan fingerprint density at radius 1 is 1.21 bits per heavy atom. The van der Waals surface area contributed by atoms with Crippen LogP contribution in [-0.2, 0) is 11.3 Å². The van der Waals surface area contributed by atoms with Crippen LogP contribution < -0.4 is 10.1 Å². The number of amides is 1. The van der Waals surface area contributed by atoms with Crippen LogP contribution in [0.25, 0.3) is 0 Å². The lowest BCUT2D eigenvalue weighted by atomic mass is 10.1. The molecule has 0 aliphatic heterocycles. The lowest BCUT2D eigenvalue weighted by Gasteiger charge is -2.04. The van der Waals surface area contributed by atoms with Crippen LogP contribution in [0, 0.1) is 0 Å². The fourth-order valence-electron chi connectivity index (χ4n) is 1.90. The standard InChI is InChI=1S/C16H16N2O5S/c1-23-11-4-2-10(3-5-11)13(19)6-7-14(20)17-8-15-18-12(9-24-15)16(21)22/h2-5,9H,6-8H2,1H3,(H,17,20)(H,21,22). The van der Waals surface area contributed by atoms with Gasteiger partial charge in [0.05, 0.1) is 13.7 Å². The number of methoxy groups -OCH3 is 1. The van der Waals surface area contributed by atoms with E-state index < -0.39 is 5.97 Å². The Labute approximate surface area is 142 Å². The first-order valence-electron chi connectivity index (χ1n) is 7.11. The Balaban J connectivity index is 1.77. The molecule has 0 spiro atoms. The van der Waals surface area contributed by atoms with Crippen LogP contribution in [0.2, 0.25) is 0 Å². The van der Waals surface area contributed by atoms with E-state index in [4.69, 9.17) is 9.84 Å². The number of carbonyl (C=O) groups excluding carboxylic acids is 2. The first-order chi connectivity index (χ1) is 11.5. The van der Waals surface area contributed by atoms with Crippen molar-refractivity contribution in [2.45, 2.75) is 19.4 Å². The van der Waals surface area contributed by atoms with Crippen LogP contribution in [0.1, 0.15) is 38.7 Å². The number of benzene rings is 1. The number of Topliss-reactive ketones (excluding diaryl/α,β-unsaturated/α-hetero) is 1. The number of ketones is 1. The summed E-state index contributed by atoms with van der Waals surface area (Å²) in [6.07, 6.45) is 0.151. The number of aromatic nitrogens is 1. The van der Waals surface area contributed by atoms with E-state index >= 15 is 0 Å². The maximum atomic E-state index is 12.0. The van der Waals surface area contributed by atoms with Gasteiger partial charge in [-0.05, 0) is 24.3 Å². The van der Waals surface area contributed by atoms with Crippen LogP contribution in [0.5, 0.6) is 5.75 Å². The van der Waals surface area contributed by atoms with E-state index in [1.165, 1.54) is 5.38 Å². The molecule has 0 bridgehead atoms. The van der Waals surface area contributed by atoms with Gasteiger partial charge in [-0.2, -0.15) is 0 Å². The van der Waals surface area contributed by atoms with Gasteiger partial charge in [0.15, 0.2) is 11.5 Å². The third-order valence-corrected chi connectivity index (χ3v) is 4.05. The lowest BCUT2D eigenvalue weighted by Crippen LogP contribution is -2.23. The van der Waals surface area contributed by atoms with Gasteiger partial charge in [-0.3, -0.25) is 9.59 Å². The SMILES string of the molecule is COc1ccc(C(=O)CCC(=O)NCc2nc(C(=O)O)cs2)cc1. The minimum atomic E-state index is -1.10. The zero-order valence-electron chi connectivity index (χ0n) is 12.9. The number of ether oxygens (including phenoxy) is 1. The summed E-state index contributed by atoms with van der Waals surface area (Å²) in [5.74, 6) is -0.860. The lowest BCUT2D eigenvalue weighted by molar-refractivity contribution is -0.121. The van der Waals surface area contributed by atoms with E-state index in [0.717, 1.165) is 11.3 Å². The summed E-state index contributed by atoms with van der Waals surface area (Å²) in [6, 6.07) is 6.69. The number of nitrogens with zero attached hydrogens (tertiary/aromatic N) is 1. The molecule has 126 valence electrons. The van der Waals surface area contributed by atoms with Crippen molar-refractivity contribution in [3.8, 4) is 5.75 Å². The van der Waals surface area contributed by atoms with E-state index in [-0.39, 0.29) is 36.8 Å². The molecule has 0 fully saturated rings. The first-order valence-corrected chi connectivity index (χ1v) is 7.99. The molecule has 0 aliphatic carbocycles. The normalized spacial score (nSPS) is 10.2. The maximum absolute atomic E-state index is 12.0. The van der Waals surface area contributed by atoms with E-state index in [9.17, 15) is 14.4 Å². The molecule has 0 radical (unpaired) electrons. The molecule has 0 aliphatic rings. The number of thiazole rings is 1. The summed E-state index contributed by atoms with van der Waals surface area (Å²) in [7, 11) is 1.54. The molecule has 7 nitrogen and oxygen atoms in total. The second kappa shape index (κ2) is 8.21. The minimum Gasteiger partial charge on any atom is -0.497 e. The second-order valence-corrected chi connectivity index (χ2v) is 5.80. The average molecular weight is 348 g/mol. The molecule has 2 aromatic rings. The van der Waals surface area contributed by atoms with Crippen molar-refractivity contribution in [1.82, 2.24) is 10.3 Å². The molecule has 24 heavy (non-hydrogen) atoms. The highest BCUT2D eigenvalue weighted by atomic mass is 32.1. The van der Waals surface area contributed by atoms with Crippen molar-refractivity contribution in [2.75, 3.05) is 7.11 Å². The predicted octanol–water partition coefficient (Wildman–Crippen LogP) is 2.13. The molecule has 1 amide bonds. The van der Waals surface area contributed by atoms with Crippen LogP contribution in [0.4, 0.5) is 0 Å². The summed E-state index contributed by atoms with van der Waals surface area (Å²) in [5, 5.41) is 13.3. The van der Waals surface area contributed by atoms with Gasteiger partial charge >= 0.3 is 5.97 Å². The van der Waals surface area contributed by atoms with Gasteiger partial charge in [-0.15, -0.1) is 11.3 Å². The zero-order chi connectivity index (χ0) is 17.5. The molecule has 0 saturated heterocycles. The van der Waals surface area contributed by atoms with Crippen LogP contribution >= 0.6 is 11.3 Å². The Morgan fingerprint density at radius 3 is 2.50 bits per heavy atom. The van der Waals surface area contributed by atoms with Crippen molar-refractivity contribution < 1.29 is 24.2 Å². The zero-order valence-corrected chi connectivity index (χ0v) is 13.8. The Bertz CT molecular complexity index is 739. The quantitative estimate of drug-likeness (QED) is 0.708. The fourth-order valence-corrected chi connectivity index (χ4v) is 2.61. The second-order valence-electron chi connectivity index (χ2n) is 4.86. The van der Waals surface area contributed by atoms with Crippen molar-refractivity contribution >= 4 is 29.0 Å². The molecule has 0 saturated carbocycles. The maximum Gasteiger partial charge on any atom is 0.355 e. The van der Waals surface area contributed by atoms with E-state index in [1.807, 2.05) is 0 Å². The Hall–Kier alpha value is -2.74. The molecule has 2 rings (SSSR count). The highest BCUT2D eigenvalue weighted by molar-refractivity contribution is 7.09. The van der Waals surface area contributed by atoms with Gasteiger partial charge in [0.1, 0.15) is 10.8 Å². The van der Waals surface area contributed by atoms with Crippen molar-refractivity contribution in [3.63, 3.8) is 0 Å². The number of nitrogens with one attached hydrogen (secondary N) is 1. The van der Waals surface area contributed by atoms with Gasteiger partial charge in [0.25, 0.3) is 0 Å². The number of hydrogen-bond donors (Lipinski definition) is 2. The van der Waals surface area contributed by atoms with Gasteiger partial charge in [-0.1, -0.05) is 0 Å². The summed E-state index contributed by atoms with van der Waals surface area (Å²) < 4.78 is 5.02. The molecule has 0 unspecified atom stereocenters. The summed E-state index contributed by atoms with van der Waals surface area (Å²) in [6.45, 7) is 0.146. The van der Waals surface area contributed by atoms with Gasteiger partial charge in [-0.25, -0.2) is 9.78 Å². The third-order valence-electron chi connectivity index (χ3n) is 3.20. The van der Waals surface area contributed by atoms with E-state index in [0.29, 0.717) is 16.3 Å². The molecule has 1 heterocycles. The third kappa shape index (κ3) is 4.88. The number of hydrogen-bond acceptors (Lipinski definition) is 6. The predicted molar refractivity (Wildman–Crippen MR) is 87.5 cm³/mol. The van der Waals surface area contributed by atoms with Crippen molar-refractivity contribution in [1.29, 1.82) is 0 Å². The fraction of sp³-hybridized carbons (Fsp3) is 0.250. The van der Waals surface area contributed by atoms with Gasteiger partial charge in [0, 0.05) is 23.8 Å². The number of aromatic carboxylic acids is 1. The number of rotatable bonds is 8. The van der Waals surface area contributed by atoms with Crippen LogP contribution in [0.3, 0.4) is 0 Å². The highest BCUT2D eigenvalue weighted by Gasteiger charge is 2.11. The molecule has 0 atom stereocenters. The smallest absolute Gasteiger partial charge is 0.355 e. The van der Waals surface area contributed by atoms with E-state index in [1.54, 1.807) is 31.4 Å². The average Bonchev–Trinajstić information content (AvgIpc) is 3.07. The molecule has 2 N–H and O–H groups in total. The number of carbonyl (C=O) groups is 3. The van der Waals surface area contributed by atoms with Gasteiger partial charge < -0.3 is 15.2 Å². The summed E-state index contributed by atoms with van der Waals surface area (Å²) in [4.78, 5) is 38.4. The molecular formula is C16H16N2O5S. The molecular weight excluding hydrogens is 332 g/mol. The van der Waals surface area contributed by atoms with Crippen molar-refractivity contribution in [2.24, 2.45) is 0 Å². The Kier molecular flexibility index (Phi) is 6.02. The summed E-state index contributed by atoms with van der Waals surface area (Å²) in [5.41, 5.74) is 0.480. The molecule has 1 aromatic heterocycles. The number of carboxylic acid groups (broad SMARTS) is 1. The van der Waals surface area contributed by atoms with Crippen LogP contribution in [0.15, 0.2) is 29.6 Å². The molecule has 8 heteroatoms. The summed E-state index contributed by atoms with van der Waals surface area (Å²) >= 11 is 1.16. The first kappa shape index (κ1) is 17.6. The largest absolute Gasteiger partial charge is 0.497 e. The monoisotopic (exact) mass is 348 g/mol. The van der Waals surface area contributed by atoms with E-state index in [2.05, 4.69) is 10.3 Å². The molecule has 1 aromatic carbocycles. The number of carboxylic acids is 1. The van der Waals surface area contributed by atoms with Gasteiger partial charge in [0.2, 0.25) is 5.91 Å². The highest BCUT2D eigenvalue weighted by Crippen LogP contribution is 2.13. The topological polar surface area (TPSA) is 106 Å². The minimum absolute atomic E-state index is 0.0427. The van der Waals surface area contributed by atoms with Crippen LogP contribution in [-0.4, -0.2) is 34.9 Å². The van der Waals surface area contributed by atoms with Crippen molar-refractivity contribution in [3.05, 3.63) is 45.9 Å². The Morgan fingerprint density at radius 2 is 1.92 bits per heavy atom.